The fourth-order valence-electron chi connectivity index (χ4n) is 2.23. The molecule has 0 aliphatic carbocycles. The summed E-state index contributed by atoms with van der Waals surface area (Å²) >= 11 is 3.41. The lowest BCUT2D eigenvalue weighted by molar-refractivity contribution is -0.123. The standard InChI is InChI=1S/C21H25BrN2O4/c1-14(2)9-10-27-17-6-4-5-16(12-17)21(26)24-23-20(25)13-28-18-7-8-19(22)15(3)11-18/h4-8,11-12,14H,9-10,13H2,1-3H3,(H,23,25)(H,24,26). The van der Waals surface area contributed by atoms with E-state index >= 15 is 0 Å². The first-order chi connectivity index (χ1) is 13.3. The maximum absolute atomic E-state index is 12.2. The van der Waals surface area contributed by atoms with E-state index < -0.39 is 11.8 Å². The van der Waals surface area contributed by atoms with Crippen LogP contribution in [0.25, 0.3) is 0 Å². The van der Waals surface area contributed by atoms with Gasteiger partial charge in [-0.05, 0) is 61.2 Å². The summed E-state index contributed by atoms with van der Waals surface area (Å²) in [4.78, 5) is 24.1. The van der Waals surface area contributed by atoms with Gasteiger partial charge < -0.3 is 9.47 Å². The third-order valence-corrected chi connectivity index (χ3v) is 4.76. The number of aryl methyl sites for hydroxylation is 1. The molecule has 2 aromatic rings. The molecule has 0 radical (unpaired) electrons. The van der Waals surface area contributed by atoms with Gasteiger partial charge in [-0.3, -0.25) is 20.4 Å². The molecule has 0 aromatic heterocycles. The Morgan fingerprint density at radius 1 is 1.04 bits per heavy atom. The predicted molar refractivity (Wildman–Crippen MR) is 111 cm³/mol. The van der Waals surface area contributed by atoms with Gasteiger partial charge in [0.25, 0.3) is 11.8 Å². The van der Waals surface area contributed by atoms with Crippen LogP contribution in [0.1, 0.15) is 36.2 Å². The van der Waals surface area contributed by atoms with Crippen LogP contribution in [0.15, 0.2) is 46.9 Å². The summed E-state index contributed by atoms with van der Waals surface area (Å²) in [6.07, 6.45) is 0.935. The van der Waals surface area contributed by atoms with Gasteiger partial charge in [0.2, 0.25) is 0 Å². The van der Waals surface area contributed by atoms with Crippen LogP contribution in [0.3, 0.4) is 0 Å². The average Bonchev–Trinajstić information content (AvgIpc) is 2.67. The van der Waals surface area contributed by atoms with Crippen LogP contribution in [0.4, 0.5) is 0 Å². The van der Waals surface area contributed by atoms with Crippen LogP contribution in [-0.2, 0) is 4.79 Å². The molecular weight excluding hydrogens is 424 g/mol. The largest absolute Gasteiger partial charge is 0.494 e. The summed E-state index contributed by atoms with van der Waals surface area (Å²) in [7, 11) is 0. The Morgan fingerprint density at radius 3 is 2.50 bits per heavy atom. The molecular formula is C21H25BrN2O4. The molecule has 0 heterocycles. The van der Waals surface area contributed by atoms with Gasteiger partial charge >= 0.3 is 0 Å². The van der Waals surface area contributed by atoms with Gasteiger partial charge in [0.1, 0.15) is 11.5 Å². The number of amides is 2. The number of hydrazine groups is 1. The van der Waals surface area contributed by atoms with Crippen molar-refractivity contribution < 1.29 is 19.1 Å². The van der Waals surface area contributed by atoms with Crippen molar-refractivity contribution >= 4 is 27.7 Å². The summed E-state index contributed by atoms with van der Waals surface area (Å²) in [6.45, 7) is 6.55. The number of halogens is 1. The van der Waals surface area contributed by atoms with E-state index in [1.807, 2.05) is 19.1 Å². The lowest BCUT2D eigenvalue weighted by atomic mass is 10.1. The maximum Gasteiger partial charge on any atom is 0.276 e. The van der Waals surface area contributed by atoms with E-state index in [1.54, 1.807) is 30.3 Å². The summed E-state index contributed by atoms with van der Waals surface area (Å²) in [5.41, 5.74) is 6.11. The number of benzene rings is 2. The molecule has 150 valence electrons. The normalized spacial score (nSPS) is 10.5. The highest BCUT2D eigenvalue weighted by Gasteiger charge is 2.09. The zero-order chi connectivity index (χ0) is 20.5. The summed E-state index contributed by atoms with van der Waals surface area (Å²) in [6, 6.07) is 12.3. The molecule has 0 saturated carbocycles. The second-order valence-corrected chi connectivity index (χ2v) is 7.62. The van der Waals surface area contributed by atoms with Crippen LogP contribution in [0.2, 0.25) is 0 Å². The highest BCUT2D eigenvalue weighted by atomic mass is 79.9. The number of carbonyl (C=O) groups is 2. The van der Waals surface area contributed by atoms with Gasteiger partial charge in [-0.25, -0.2) is 0 Å². The molecule has 0 bridgehead atoms. The minimum atomic E-state index is -0.460. The summed E-state index contributed by atoms with van der Waals surface area (Å²) in [5.74, 6) is 0.854. The molecule has 6 nitrogen and oxygen atoms in total. The van der Waals surface area contributed by atoms with Crippen LogP contribution < -0.4 is 20.3 Å². The lowest BCUT2D eigenvalue weighted by Crippen LogP contribution is -2.43. The lowest BCUT2D eigenvalue weighted by Gasteiger charge is -2.11. The van der Waals surface area contributed by atoms with Gasteiger partial charge in [0, 0.05) is 10.0 Å². The zero-order valence-electron chi connectivity index (χ0n) is 16.3. The van der Waals surface area contributed by atoms with E-state index in [-0.39, 0.29) is 6.61 Å². The van der Waals surface area contributed by atoms with E-state index in [2.05, 4.69) is 40.6 Å². The third-order valence-electron chi connectivity index (χ3n) is 3.87. The van der Waals surface area contributed by atoms with Crippen molar-refractivity contribution in [2.75, 3.05) is 13.2 Å². The van der Waals surface area contributed by atoms with E-state index in [4.69, 9.17) is 9.47 Å². The fourth-order valence-corrected chi connectivity index (χ4v) is 2.48. The molecule has 2 rings (SSSR count). The topological polar surface area (TPSA) is 76.7 Å². The van der Waals surface area contributed by atoms with E-state index in [1.165, 1.54) is 0 Å². The van der Waals surface area contributed by atoms with Crippen LogP contribution in [0, 0.1) is 12.8 Å². The quantitative estimate of drug-likeness (QED) is 0.597. The van der Waals surface area contributed by atoms with Crippen LogP contribution >= 0.6 is 15.9 Å². The third kappa shape index (κ3) is 7.23. The van der Waals surface area contributed by atoms with Gasteiger partial charge in [-0.2, -0.15) is 0 Å². The van der Waals surface area contributed by atoms with Crippen LogP contribution in [0.5, 0.6) is 11.5 Å². The minimum Gasteiger partial charge on any atom is -0.494 e. The molecule has 0 aliphatic rings. The second-order valence-electron chi connectivity index (χ2n) is 6.76. The van der Waals surface area contributed by atoms with E-state index in [0.717, 1.165) is 16.5 Å². The molecule has 0 atom stereocenters. The SMILES string of the molecule is Cc1cc(OCC(=O)NNC(=O)c2cccc(OCCC(C)C)c2)ccc1Br. The summed E-state index contributed by atoms with van der Waals surface area (Å²) < 4.78 is 12.0. The second kappa shape index (κ2) is 10.7. The predicted octanol–water partition coefficient (Wildman–Crippen LogP) is 4.02. The Hall–Kier alpha value is -2.54. The summed E-state index contributed by atoms with van der Waals surface area (Å²) in [5, 5.41) is 0. The first-order valence-electron chi connectivity index (χ1n) is 9.06. The first-order valence-corrected chi connectivity index (χ1v) is 9.85. The molecule has 0 aliphatic heterocycles. The smallest absolute Gasteiger partial charge is 0.276 e. The number of rotatable bonds is 8. The molecule has 28 heavy (non-hydrogen) atoms. The molecule has 0 fully saturated rings. The monoisotopic (exact) mass is 448 g/mol. The van der Waals surface area contributed by atoms with Crippen molar-refractivity contribution in [3.8, 4) is 11.5 Å². The van der Waals surface area contributed by atoms with Gasteiger partial charge in [-0.15, -0.1) is 0 Å². The number of hydrogen-bond donors (Lipinski definition) is 2. The average molecular weight is 449 g/mol. The van der Waals surface area contributed by atoms with E-state index in [9.17, 15) is 9.59 Å². The first kappa shape index (κ1) is 21.8. The van der Waals surface area contributed by atoms with Crippen molar-refractivity contribution in [2.45, 2.75) is 27.2 Å². The molecule has 2 amide bonds. The van der Waals surface area contributed by atoms with Crippen molar-refractivity contribution in [2.24, 2.45) is 5.92 Å². The Morgan fingerprint density at radius 2 is 1.79 bits per heavy atom. The number of hydrogen-bond acceptors (Lipinski definition) is 4. The molecule has 0 unspecified atom stereocenters. The van der Waals surface area contributed by atoms with Gasteiger partial charge in [-0.1, -0.05) is 35.8 Å². The van der Waals surface area contributed by atoms with E-state index in [0.29, 0.717) is 29.6 Å². The Kier molecular flexibility index (Phi) is 8.32. The van der Waals surface area contributed by atoms with Gasteiger partial charge in [0.05, 0.1) is 6.61 Å². The number of nitrogens with one attached hydrogen (secondary N) is 2. The highest BCUT2D eigenvalue weighted by molar-refractivity contribution is 9.10. The van der Waals surface area contributed by atoms with Crippen LogP contribution in [-0.4, -0.2) is 25.0 Å². The van der Waals surface area contributed by atoms with Crippen molar-refractivity contribution in [3.05, 3.63) is 58.1 Å². The maximum atomic E-state index is 12.2. The molecule has 2 aromatic carbocycles. The minimum absolute atomic E-state index is 0.209. The molecule has 0 saturated heterocycles. The molecule has 7 heteroatoms. The van der Waals surface area contributed by atoms with Gasteiger partial charge in [0.15, 0.2) is 6.61 Å². The highest BCUT2D eigenvalue weighted by Crippen LogP contribution is 2.21. The Balaban J connectivity index is 1.79. The number of carbonyl (C=O) groups excluding carboxylic acids is 2. The fraction of sp³-hybridized carbons (Fsp3) is 0.333. The molecule has 2 N–H and O–H groups in total. The Labute approximate surface area is 173 Å². The zero-order valence-corrected chi connectivity index (χ0v) is 17.8. The molecule has 0 spiro atoms. The Bertz CT molecular complexity index is 824. The van der Waals surface area contributed by atoms with Crippen molar-refractivity contribution in [3.63, 3.8) is 0 Å². The van der Waals surface area contributed by atoms with Crippen molar-refractivity contribution in [1.82, 2.24) is 10.9 Å². The van der Waals surface area contributed by atoms with Crippen molar-refractivity contribution in [1.29, 1.82) is 0 Å². The number of ether oxygens (including phenoxy) is 2.